The molecule has 0 aliphatic rings. The van der Waals surface area contributed by atoms with E-state index in [9.17, 15) is 21.6 Å². The highest BCUT2D eigenvalue weighted by Crippen LogP contribution is 2.39. The third kappa shape index (κ3) is 6.08. The molecule has 0 aromatic heterocycles. The fourth-order valence-electron chi connectivity index (χ4n) is 3.37. The lowest BCUT2D eigenvalue weighted by molar-refractivity contribution is -0.137. The summed E-state index contributed by atoms with van der Waals surface area (Å²) in [7, 11) is 1.08. The van der Waals surface area contributed by atoms with Gasteiger partial charge in [-0.15, -0.1) is 0 Å². The molecule has 0 saturated carbocycles. The molecular weight excluding hydrogens is 518 g/mol. The summed E-state index contributed by atoms with van der Waals surface area (Å²) in [6.45, 7) is 0. The van der Waals surface area contributed by atoms with Gasteiger partial charge in [0.1, 0.15) is 0 Å². The van der Waals surface area contributed by atoms with Gasteiger partial charge in [0.05, 0.1) is 44.6 Å². The predicted molar refractivity (Wildman–Crippen MR) is 130 cm³/mol. The molecule has 0 radical (unpaired) electrons. The van der Waals surface area contributed by atoms with E-state index in [4.69, 9.17) is 18.9 Å². The topological polar surface area (TPSA) is 83.1 Å². The average molecular weight is 542 g/mol. The molecule has 3 aromatic carbocycles. The molecule has 7 nitrogen and oxygen atoms in total. The Hall–Kier alpha value is -3.93. The molecule has 0 aliphatic heterocycles. The number of sulfonamides is 1. The second-order valence-electron chi connectivity index (χ2n) is 7.47. The van der Waals surface area contributed by atoms with Crippen LogP contribution in [0.2, 0.25) is 0 Å². The lowest BCUT2D eigenvalue weighted by atomic mass is 10.1. The summed E-state index contributed by atoms with van der Waals surface area (Å²) in [4.78, 5) is -0.484. The second kappa shape index (κ2) is 11.0. The van der Waals surface area contributed by atoms with E-state index in [1.807, 2.05) is 0 Å². The van der Waals surface area contributed by atoms with Crippen LogP contribution in [-0.4, -0.2) is 36.9 Å². The third-order valence-electron chi connectivity index (χ3n) is 5.23. The number of nitrogens with one attached hydrogen (secondary N) is 1. The van der Waals surface area contributed by atoms with Crippen LogP contribution in [0.15, 0.2) is 53.4 Å². The van der Waals surface area contributed by atoms with Crippen molar-refractivity contribution in [1.82, 2.24) is 0 Å². The van der Waals surface area contributed by atoms with Crippen LogP contribution >= 0.6 is 0 Å². The maximum Gasteiger partial charge on any atom is 0.416 e. The van der Waals surface area contributed by atoms with E-state index >= 15 is 4.39 Å². The summed E-state index contributed by atoms with van der Waals surface area (Å²) >= 11 is 0. The quantitative estimate of drug-likeness (QED) is 0.270. The van der Waals surface area contributed by atoms with Gasteiger partial charge in [-0.3, -0.25) is 4.72 Å². The largest absolute Gasteiger partial charge is 0.494 e. The molecule has 12 heteroatoms. The first-order valence-corrected chi connectivity index (χ1v) is 12.0. The van der Waals surface area contributed by atoms with Crippen molar-refractivity contribution in [2.75, 3.05) is 33.2 Å². The molecular formula is C25H23F4NO6S. The van der Waals surface area contributed by atoms with Crippen molar-refractivity contribution >= 4 is 27.9 Å². The molecule has 198 valence electrons. The van der Waals surface area contributed by atoms with Crippen LogP contribution in [0.1, 0.15) is 16.7 Å². The van der Waals surface area contributed by atoms with Gasteiger partial charge >= 0.3 is 6.18 Å². The number of methoxy groups -OCH3 is 4. The Morgan fingerprint density at radius 1 is 0.784 bits per heavy atom. The molecule has 0 fully saturated rings. The van der Waals surface area contributed by atoms with Gasteiger partial charge in [-0.1, -0.05) is 12.2 Å². The number of hydrogen-bond donors (Lipinski definition) is 1. The Morgan fingerprint density at radius 2 is 1.35 bits per heavy atom. The van der Waals surface area contributed by atoms with Crippen molar-refractivity contribution in [3.05, 3.63) is 71.0 Å². The number of ether oxygens (including phenoxy) is 4. The molecule has 0 aliphatic carbocycles. The smallest absolute Gasteiger partial charge is 0.416 e. The summed E-state index contributed by atoms with van der Waals surface area (Å²) < 4.78 is 103. The van der Waals surface area contributed by atoms with Crippen molar-refractivity contribution in [3.63, 3.8) is 0 Å². The predicted octanol–water partition coefficient (Wildman–Crippen LogP) is 5.85. The number of hydrogen-bond acceptors (Lipinski definition) is 6. The van der Waals surface area contributed by atoms with E-state index < -0.39 is 38.2 Å². The van der Waals surface area contributed by atoms with Gasteiger partial charge in [-0.05, 0) is 54.1 Å². The molecule has 37 heavy (non-hydrogen) atoms. The van der Waals surface area contributed by atoms with E-state index in [0.717, 1.165) is 12.1 Å². The van der Waals surface area contributed by atoms with Gasteiger partial charge in [0.25, 0.3) is 10.0 Å². The zero-order valence-corrected chi connectivity index (χ0v) is 21.0. The van der Waals surface area contributed by atoms with Crippen LogP contribution < -0.4 is 23.7 Å². The minimum absolute atomic E-state index is 0.113. The number of alkyl halides is 3. The highest BCUT2D eigenvalue weighted by Gasteiger charge is 2.31. The molecule has 0 heterocycles. The Bertz CT molecular complexity index is 1380. The number of benzene rings is 3. The van der Waals surface area contributed by atoms with Crippen molar-refractivity contribution in [3.8, 4) is 23.0 Å². The van der Waals surface area contributed by atoms with Crippen LogP contribution in [0.5, 0.6) is 23.0 Å². The molecule has 0 saturated heterocycles. The summed E-state index contributed by atoms with van der Waals surface area (Å²) in [5.41, 5.74) is -0.805. The van der Waals surface area contributed by atoms with E-state index in [1.54, 1.807) is 18.2 Å². The Kier molecular flexibility index (Phi) is 8.22. The van der Waals surface area contributed by atoms with Crippen LogP contribution in [0.4, 0.5) is 23.2 Å². The van der Waals surface area contributed by atoms with Crippen LogP contribution in [0, 0.1) is 5.82 Å². The molecule has 0 unspecified atom stereocenters. The van der Waals surface area contributed by atoms with E-state index in [1.165, 1.54) is 46.6 Å². The van der Waals surface area contributed by atoms with Crippen molar-refractivity contribution < 1.29 is 44.9 Å². The third-order valence-corrected chi connectivity index (χ3v) is 6.60. The summed E-state index contributed by atoms with van der Waals surface area (Å²) in [5, 5.41) is 0. The Morgan fingerprint density at radius 3 is 1.84 bits per heavy atom. The Balaban J connectivity index is 2.03. The van der Waals surface area contributed by atoms with Gasteiger partial charge < -0.3 is 18.9 Å². The van der Waals surface area contributed by atoms with Crippen molar-refractivity contribution in [1.29, 1.82) is 0 Å². The molecule has 0 atom stereocenters. The van der Waals surface area contributed by atoms with Crippen molar-refractivity contribution in [2.24, 2.45) is 0 Å². The fraction of sp³-hybridized carbons (Fsp3) is 0.200. The molecule has 3 rings (SSSR count). The SMILES string of the molecule is COc1ccc(C=Cc2cc(OC)c(OC)c(OC)c2)c(NS(=O)(=O)c2ccc(C(F)(F)F)cc2)c1F. The minimum Gasteiger partial charge on any atom is -0.494 e. The van der Waals surface area contributed by atoms with Crippen LogP contribution in [0.25, 0.3) is 12.2 Å². The van der Waals surface area contributed by atoms with Gasteiger partial charge in [-0.25, -0.2) is 12.8 Å². The zero-order chi connectivity index (χ0) is 27.4. The number of anilines is 1. The second-order valence-corrected chi connectivity index (χ2v) is 9.15. The van der Waals surface area contributed by atoms with Crippen molar-refractivity contribution in [2.45, 2.75) is 11.1 Å². The average Bonchev–Trinajstić information content (AvgIpc) is 2.87. The first-order valence-electron chi connectivity index (χ1n) is 10.5. The number of rotatable bonds is 9. The van der Waals surface area contributed by atoms with E-state index in [-0.39, 0.29) is 11.3 Å². The van der Waals surface area contributed by atoms with Gasteiger partial charge in [0.2, 0.25) is 5.75 Å². The lowest BCUT2D eigenvalue weighted by Gasteiger charge is -2.15. The standard InChI is InChI=1S/C25H23F4NO6S/c1-33-19-12-7-16(6-5-15-13-20(34-2)24(36-4)21(14-15)35-3)23(22(19)26)30-37(31,32)18-10-8-17(9-11-18)25(27,28)29/h5-14,30H,1-4H3. The van der Waals surface area contributed by atoms with Gasteiger partial charge in [0, 0.05) is 5.56 Å². The molecule has 0 amide bonds. The highest BCUT2D eigenvalue weighted by atomic mass is 32.2. The first kappa shape index (κ1) is 27.7. The van der Waals surface area contributed by atoms with Crippen LogP contribution in [-0.2, 0) is 16.2 Å². The monoisotopic (exact) mass is 541 g/mol. The molecule has 3 aromatic rings. The minimum atomic E-state index is -4.64. The van der Waals surface area contributed by atoms with E-state index in [0.29, 0.717) is 34.9 Å². The Labute approximate surface area is 211 Å². The zero-order valence-electron chi connectivity index (χ0n) is 20.1. The summed E-state index contributed by atoms with van der Waals surface area (Å²) in [6, 6.07) is 8.81. The fourth-order valence-corrected chi connectivity index (χ4v) is 4.46. The molecule has 1 N–H and O–H groups in total. The normalized spacial score (nSPS) is 11.9. The maximum atomic E-state index is 15.2. The molecule has 0 spiro atoms. The highest BCUT2D eigenvalue weighted by molar-refractivity contribution is 7.92. The molecule has 0 bridgehead atoms. The van der Waals surface area contributed by atoms with Gasteiger partial charge in [-0.2, -0.15) is 13.2 Å². The summed E-state index contributed by atoms with van der Waals surface area (Å²) in [6.07, 6.45) is -1.64. The van der Waals surface area contributed by atoms with Gasteiger partial charge in [0.15, 0.2) is 23.1 Å². The number of halogens is 4. The lowest BCUT2D eigenvalue weighted by Crippen LogP contribution is -2.16. The van der Waals surface area contributed by atoms with E-state index in [2.05, 4.69) is 4.72 Å². The summed E-state index contributed by atoms with van der Waals surface area (Å²) in [5.74, 6) is -0.154. The first-order chi connectivity index (χ1) is 17.4. The maximum absolute atomic E-state index is 15.2. The van der Waals surface area contributed by atoms with Crippen LogP contribution in [0.3, 0.4) is 0 Å².